The molecule has 150 valence electrons. The second-order valence-electron chi connectivity index (χ2n) is 7.93. The lowest BCUT2D eigenvalue weighted by molar-refractivity contribution is -0.138. The maximum absolute atomic E-state index is 12.8. The van der Waals surface area contributed by atoms with Crippen molar-refractivity contribution in [1.29, 1.82) is 0 Å². The van der Waals surface area contributed by atoms with E-state index in [0.717, 1.165) is 57.5 Å². The van der Waals surface area contributed by atoms with Gasteiger partial charge in [0.25, 0.3) is 0 Å². The van der Waals surface area contributed by atoms with Gasteiger partial charge in [-0.15, -0.1) is 0 Å². The molecule has 0 unspecified atom stereocenters. The standard InChI is InChI=1S/C21H32N2O4/c1-15-5-4-8-23(13-15)21(25)17-6-9-22(10-7-17)14-16-11-18(26-2)20(24)19(12-16)27-3/h11-12,15,17,24H,4-10,13-14H2,1-3H3/t15-/m1/s1. The minimum absolute atomic E-state index is 0.0313. The third kappa shape index (κ3) is 4.67. The zero-order chi connectivity index (χ0) is 19.4. The highest BCUT2D eigenvalue weighted by Crippen LogP contribution is 2.37. The topological polar surface area (TPSA) is 62.2 Å². The summed E-state index contributed by atoms with van der Waals surface area (Å²) in [6, 6.07) is 3.70. The van der Waals surface area contributed by atoms with Crippen LogP contribution >= 0.6 is 0 Å². The van der Waals surface area contributed by atoms with Gasteiger partial charge in [-0.05, 0) is 62.4 Å². The first kappa shape index (κ1) is 19.8. The molecule has 3 rings (SSSR count). The molecule has 27 heavy (non-hydrogen) atoms. The van der Waals surface area contributed by atoms with Gasteiger partial charge in [0.1, 0.15) is 0 Å². The molecule has 1 aromatic rings. The molecule has 0 aliphatic carbocycles. The molecule has 0 radical (unpaired) electrons. The van der Waals surface area contributed by atoms with Crippen molar-refractivity contribution < 1.29 is 19.4 Å². The van der Waals surface area contributed by atoms with Crippen molar-refractivity contribution >= 4 is 5.91 Å². The van der Waals surface area contributed by atoms with Gasteiger partial charge in [0.15, 0.2) is 11.5 Å². The first-order chi connectivity index (χ1) is 13.0. The molecule has 1 atom stereocenters. The van der Waals surface area contributed by atoms with Crippen molar-refractivity contribution in [3.05, 3.63) is 17.7 Å². The fourth-order valence-corrected chi connectivity index (χ4v) is 4.28. The number of benzene rings is 1. The Hall–Kier alpha value is -1.95. The minimum atomic E-state index is 0.0313. The summed E-state index contributed by atoms with van der Waals surface area (Å²) in [5, 5.41) is 10.1. The lowest BCUT2D eigenvalue weighted by Gasteiger charge is -2.37. The SMILES string of the molecule is COc1cc(CN2CCC(C(=O)N3CCC[C@@H](C)C3)CC2)cc(OC)c1O. The van der Waals surface area contributed by atoms with Crippen molar-refractivity contribution in [2.45, 2.75) is 39.2 Å². The molecular weight excluding hydrogens is 344 g/mol. The molecule has 1 N–H and O–H groups in total. The summed E-state index contributed by atoms with van der Waals surface area (Å²) in [6.07, 6.45) is 4.20. The zero-order valence-electron chi connectivity index (χ0n) is 16.7. The molecule has 2 saturated heterocycles. The molecule has 6 heteroatoms. The second kappa shape index (κ2) is 8.83. The predicted molar refractivity (Wildman–Crippen MR) is 104 cm³/mol. The molecule has 6 nitrogen and oxygen atoms in total. The maximum Gasteiger partial charge on any atom is 0.225 e. The summed E-state index contributed by atoms with van der Waals surface area (Å²) in [7, 11) is 3.08. The Morgan fingerprint density at radius 3 is 2.30 bits per heavy atom. The summed E-state index contributed by atoms with van der Waals surface area (Å²) < 4.78 is 10.5. The van der Waals surface area contributed by atoms with Crippen LogP contribution < -0.4 is 9.47 Å². The Kier molecular flexibility index (Phi) is 6.47. The largest absolute Gasteiger partial charge is 0.502 e. The third-order valence-corrected chi connectivity index (χ3v) is 5.85. The number of phenolic OH excluding ortho intramolecular Hbond substituents is 1. The molecule has 0 bridgehead atoms. The molecule has 0 saturated carbocycles. The molecule has 0 spiro atoms. The highest BCUT2D eigenvalue weighted by Gasteiger charge is 2.30. The van der Waals surface area contributed by atoms with Gasteiger partial charge < -0.3 is 19.5 Å². The molecule has 2 fully saturated rings. The van der Waals surface area contributed by atoms with E-state index in [2.05, 4.69) is 16.7 Å². The van der Waals surface area contributed by atoms with Crippen LogP contribution in [-0.4, -0.2) is 61.2 Å². The lowest BCUT2D eigenvalue weighted by atomic mass is 9.92. The number of ether oxygens (including phenoxy) is 2. The van der Waals surface area contributed by atoms with Crippen molar-refractivity contribution in [3.8, 4) is 17.2 Å². The number of amides is 1. The maximum atomic E-state index is 12.8. The number of carbonyl (C=O) groups excluding carboxylic acids is 1. The van der Waals surface area contributed by atoms with Crippen molar-refractivity contribution in [1.82, 2.24) is 9.80 Å². The number of phenols is 1. The van der Waals surface area contributed by atoms with E-state index < -0.39 is 0 Å². The van der Waals surface area contributed by atoms with E-state index in [0.29, 0.717) is 23.3 Å². The monoisotopic (exact) mass is 376 g/mol. The number of carbonyl (C=O) groups is 1. The lowest BCUT2D eigenvalue weighted by Crippen LogP contribution is -2.45. The molecule has 2 aliphatic rings. The fourth-order valence-electron chi connectivity index (χ4n) is 4.28. The van der Waals surface area contributed by atoms with E-state index in [4.69, 9.17) is 9.47 Å². The van der Waals surface area contributed by atoms with Gasteiger partial charge in [-0.25, -0.2) is 0 Å². The summed E-state index contributed by atoms with van der Waals surface area (Å²) in [6.45, 7) is 6.66. The number of methoxy groups -OCH3 is 2. The van der Waals surface area contributed by atoms with Crippen molar-refractivity contribution in [2.75, 3.05) is 40.4 Å². The average molecular weight is 376 g/mol. The van der Waals surface area contributed by atoms with Crippen LogP contribution in [-0.2, 0) is 11.3 Å². The number of hydrogen-bond donors (Lipinski definition) is 1. The van der Waals surface area contributed by atoms with Gasteiger partial charge in [-0.2, -0.15) is 0 Å². The number of rotatable bonds is 5. The number of aromatic hydroxyl groups is 1. The number of nitrogens with zero attached hydrogens (tertiary/aromatic N) is 2. The molecule has 0 aromatic heterocycles. The average Bonchev–Trinajstić information content (AvgIpc) is 2.69. The van der Waals surface area contributed by atoms with E-state index in [1.807, 2.05) is 12.1 Å². The number of piperidine rings is 2. The normalized spacial score (nSPS) is 21.9. The Morgan fingerprint density at radius 1 is 1.11 bits per heavy atom. The summed E-state index contributed by atoms with van der Waals surface area (Å²) in [5.41, 5.74) is 1.04. The van der Waals surface area contributed by atoms with Crippen LogP contribution in [0.25, 0.3) is 0 Å². The quantitative estimate of drug-likeness (QED) is 0.856. The van der Waals surface area contributed by atoms with Crippen molar-refractivity contribution in [2.24, 2.45) is 11.8 Å². The van der Waals surface area contributed by atoms with Crippen LogP contribution in [0.5, 0.6) is 17.2 Å². The third-order valence-electron chi connectivity index (χ3n) is 5.85. The summed E-state index contributed by atoms with van der Waals surface area (Å²) in [5.74, 6) is 2.03. The molecule has 1 aromatic carbocycles. The first-order valence-electron chi connectivity index (χ1n) is 9.96. The highest BCUT2D eigenvalue weighted by molar-refractivity contribution is 5.79. The van der Waals surface area contributed by atoms with E-state index in [1.54, 1.807) is 0 Å². The first-order valence-corrected chi connectivity index (χ1v) is 9.96. The number of likely N-dealkylation sites (tertiary alicyclic amines) is 2. The van der Waals surface area contributed by atoms with E-state index in [9.17, 15) is 9.90 Å². The molecule has 2 aliphatic heterocycles. The van der Waals surface area contributed by atoms with Crippen LogP contribution in [0.3, 0.4) is 0 Å². The Morgan fingerprint density at radius 2 is 1.74 bits per heavy atom. The molecular formula is C21H32N2O4. The Balaban J connectivity index is 1.56. The van der Waals surface area contributed by atoms with E-state index >= 15 is 0 Å². The highest BCUT2D eigenvalue weighted by atomic mass is 16.5. The van der Waals surface area contributed by atoms with Gasteiger partial charge in [-0.1, -0.05) is 6.92 Å². The van der Waals surface area contributed by atoms with E-state index in [-0.39, 0.29) is 11.7 Å². The summed E-state index contributed by atoms with van der Waals surface area (Å²) in [4.78, 5) is 17.3. The minimum Gasteiger partial charge on any atom is -0.502 e. The van der Waals surface area contributed by atoms with Crippen LogP contribution in [0.4, 0.5) is 0 Å². The zero-order valence-corrected chi connectivity index (χ0v) is 16.7. The Bertz CT molecular complexity index is 631. The van der Waals surface area contributed by atoms with E-state index in [1.165, 1.54) is 20.6 Å². The van der Waals surface area contributed by atoms with Gasteiger partial charge in [0.05, 0.1) is 14.2 Å². The van der Waals surface area contributed by atoms with Gasteiger partial charge >= 0.3 is 0 Å². The Labute approximate surface area is 162 Å². The smallest absolute Gasteiger partial charge is 0.225 e. The van der Waals surface area contributed by atoms with Gasteiger partial charge in [0.2, 0.25) is 11.7 Å². The predicted octanol–water partition coefficient (Wildman–Crippen LogP) is 2.88. The van der Waals surface area contributed by atoms with Crippen LogP contribution in [0.1, 0.15) is 38.2 Å². The van der Waals surface area contributed by atoms with Gasteiger partial charge in [-0.3, -0.25) is 9.69 Å². The van der Waals surface area contributed by atoms with Crippen LogP contribution in [0.2, 0.25) is 0 Å². The number of hydrogen-bond acceptors (Lipinski definition) is 5. The molecule has 1 amide bonds. The van der Waals surface area contributed by atoms with Crippen molar-refractivity contribution in [3.63, 3.8) is 0 Å². The van der Waals surface area contributed by atoms with Crippen LogP contribution in [0, 0.1) is 11.8 Å². The second-order valence-corrected chi connectivity index (χ2v) is 7.93. The van der Waals surface area contributed by atoms with Crippen LogP contribution in [0.15, 0.2) is 12.1 Å². The van der Waals surface area contributed by atoms with Gasteiger partial charge in [0, 0.05) is 25.6 Å². The molecule has 2 heterocycles. The fraction of sp³-hybridized carbons (Fsp3) is 0.667. The summed E-state index contributed by atoms with van der Waals surface area (Å²) >= 11 is 0.